The van der Waals surface area contributed by atoms with E-state index >= 15 is 0 Å². The Morgan fingerprint density at radius 3 is 2.60 bits per heavy atom. The molecule has 1 atom stereocenters. The third kappa shape index (κ3) is 7.10. The molecule has 0 aromatic heterocycles. The molecule has 5 nitrogen and oxygen atoms in total. The molecule has 0 heterocycles. The van der Waals surface area contributed by atoms with Crippen molar-refractivity contribution in [2.75, 3.05) is 5.75 Å². The second-order valence-corrected chi connectivity index (χ2v) is 5.07. The van der Waals surface area contributed by atoms with Gasteiger partial charge in [0.1, 0.15) is 0 Å². The van der Waals surface area contributed by atoms with Gasteiger partial charge in [0.25, 0.3) is 0 Å². The molecule has 0 aliphatic heterocycles. The van der Waals surface area contributed by atoms with Crippen LogP contribution in [0.4, 0.5) is 0 Å². The largest absolute Gasteiger partial charge is 0.481 e. The predicted octanol–water partition coefficient (Wildman–Crippen LogP) is 0.735. The SMILES string of the molecule is C=CCS(=O)(=O)NC(CCC)CC(=O)O. The van der Waals surface area contributed by atoms with Gasteiger partial charge in [0, 0.05) is 6.04 Å². The summed E-state index contributed by atoms with van der Waals surface area (Å²) >= 11 is 0. The van der Waals surface area contributed by atoms with E-state index < -0.39 is 22.0 Å². The molecular weight excluding hydrogens is 218 g/mol. The molecule has 1 unspecified atom stereocenters. The predicted molar refractivity (Wildman–Crippen MR) is 58.1 cm³/mol. The molecule has 0 amide bonds. The number of hydrogen-bond donors (Lipinski definition) is 2. The second-order valence-electron chi connectivity index (χ2n) is 3.27. The van der Waals surface area contributed by atoms with Crippen molar-refractivity contribution in [1.82, 2.24) is 4.72 Å². The highest BCUT2D eigenvalue weighted by Crippen LogP contribution is 2.04. The van der Waals surface area contributed by atoms with Gasteiger partial charge in [-0.3, -0.25) is 4.79 Å². The number of carbonyl (C=O) groups is 1. The van der Waals surface area contributed by atoms with Gasteiger partial charge in [0.15, 0.2) is 0 Å². The summed E-state index contributed by atoms with van der Waals surface area (Å²) in [6.07, 6.45) is 2.33. The summed E-state index contributed by atoms with van der Waals surface area (Å²) in [5, 5.41) is 8.58. The molecule has 0 spiro atoms. The molecule has 0 rings (SSSR count). The van der Waals surface area contributed by atoms with Gasteiger partial charge in [-0.1, -0.05) is 19.4 Å². The van der Waals surface area contributed by atoms with Gasteiger partial charge in [-0.2, -0.15) is 0 Å². The molecular formula is C9H17NO4S. The molecule has 2 N–H and O–H groups in total. The van der Waals surface area contributed by atoms with E-state index in [0.29, 0.717) is 6.42 Å². The molecule has 0 aromatic carbocycles. The lowest BCUT2D eigenvalue weighted by molar-refractivity contribution is -0.137. The maximum absolute atomic E-state index is 11.3. The van der Waals surface area contributed by atoms with Crippen LogP contribution < -0.4 is 4.72 Å². The fraction of sp³-hybridized carbons (Fsp3) is 0.667. The third-order valence-electron chi connectivity index (χ3n) is 1.74. The molecule has 0 saturated carbocycles. The lowest BCUT2D eigenvalue weighted by Crippen LogP contribution is -2.37. The van der Waals surface area contributed by atoms with E-state index in [2.05, 4.69) is 11.3 Å². The zero-order valence-electron chi connectivity index (χ0n) is 8.77. The van der Waals surface area contributed by atoms with Crippen LogP contribution in [0.5, 0.6) is 0 Å². The van der Waals surface area contributed by atoms with Crippen LogP contribution in [0, 0.1) is 0 Å². The first-order chi connectivity index (χ1) is 6.91. The van der Waals surface area contributed by atoms with Crippen LogP contribution in [-0.4, -0.2) is 31.3 Å². The fourth-order valence-corrected chi connectivity index (χ4v) is 2.33. The molecule has 0 radical (unpaired) electrons. The Morgan fingerprint density at radius 1 is 1.60 bits per heavy atom. The molecule has 88 valence electrons. The summed E-state index contributed by atoms with van der Waals surface area (Å²) in [4.78, 5) is 10.5. The Labute approximate surface area is 90.2 Å². The molecule has 0 aliphatic carbocycles. The van der Waals surface area contributed by atoms with Crippen LogP contribution in [0.25, 0.3) is 0 Å². The van der Waals surface area contributed by atoms with Crippen molar-refractivity contribution in [3.63, 3.8) is 0 Å². The quantitative estimate of drug-likeness (QED) is 0.608. The van der Waals surface area contributed by atoms with E-state index in [1.54, 1.807) is 0 Å². The van der Waals surface area contributed by atoms with Crippen molar-refractivity contribution < 1.29 is 18.3 Å². The summed E-state index contributed by atoms with van der Waals surface area (Å²) in [6, 6.07) is -0.530. The van der Waals surface area contributed by atoms with E-state index in [1.165, 1.54) is 6.08 Å². The van der Waals surface area contributed by atoms with Crippen molar-refractivity contribution in [2.45, 2.75) is 32.2 Å². The molecule has 0 fully saturated rings. The highest BCUT2D eigenvalue weighted by molar-refractivity contribution is 7.89. The van der Waals surface area contributed by atoms with Gasteiger partial charge in [0.05, 0.1) is 12.2 Å². The van der Waals surface area contributed by atoms with Crippen LogP contribution in [0.3, 0.4) is 0 Å². The maximum atomic E-state index is 11.3. The number of hydrogen-bond acceptors (Lipinski definition) is 3. The van der Waals surface area contributed by atoms with Crippen LogP contribution in [0.2, 0.25) is 0 Å². The smallest absolute Gasteiger partial charge is 0.304 e. The van der Waals surface area contributed by atoms with Crippen LogP contribution in [-0.2, 0) is 14.8 Å². The monoisotopic (exact) mass is 235 g/mol. The second kappa shape index (κ2) is 6.58. The van der Waals surface area contributed by atoms with Crippen molar-refractivity contribution in [3.05, 3.63) is 12.7 Å². The van der Waals surface area contributed by atoms with E-state index in [1.807, 2.05) is 6.92 Å². The summed E-state index contributed by atoms with van der Waals surface area (Å²) in [7, 11) is -3.43. The first kappa shape index (κ1) is 14.1. The number of carboxylic acids is 1. The molecule has 0 aromatic rings. The van der Waals surface area contributed by atoms with E-state index in [9.17, 15) is 13.2 Å². The Kier molecular flexibility index (Phi) is 6.19. The zero-order chi connectivity index (χ0) is 11.9. The van der Waals surface area contributed by atoms with Gasteiger partial charge in [-0.05, 0) is 6.42 Å². The standard InChI is InChI=1S/C9H17NO4S/c1-3-5-8(7-9(11)12)10-15(13,14)6-4-2/h4,8,10H,2-3,5-7H2,1H3,(H,11,12). The third-order valence-corrected chi connectivity index (χ3v) is 3.11. The van der Waals surface area contributed by atoms with Crippen molar-refractivity contribution in [2.24, 2.45) is 0 Å². The van der Waals surface area contributed by atoms with E-state index in [-0.39, 0.29) is 12.2 Å². The van der Waals surface area contributed by atoms with Crippen molar-refractivity contribution >= 4 is 16.0 Å². The molecule has 15 heavy (non-hydrogen) atoms. The Bertz CT molecular complexity index is 310. The van der Waals surface area contributed by atoms with Gasteiger partial charge in [-0.25, -0.2) is 13.1 Å². The first-order valence-corrected chi connectivity index (χ1v) is 6.39. The average molecular weight is 235 g/mol. The molecule has 0 saturated heterocycles. The summed E-state index contributed by atoms with van der Waals surface area (Å²) in [5.74, 6) is -1.19. The summed E-state index contributed by atoms with van der Waals surface area (Å²) in [6.45, 7) is 5.20. The number of rotatable bonds is 8. The Morgan fingerprint density at radius 2 is 2.20 bits per heavy atom. The number of carboxylic acid groups (broad SMARTS) is 1. The first-order valence-electron chi connectivity index (χ1n) is 4.74. The van der Waals surface area contributed by atoms with Crippen molar-refractivity contribution in [3.8, 4) is 0 Å². The highest BCUT2D eigenvalue weighted by Gasteiger charge is 2.18. The number of sulfonamides is 1. The summed E-state index contributed by atoms with van der Waals surface area (Å²) in [5.41, 5.74) is 0. The lowest BCUT2D eigenvalue weighted by atomic mass is 10.1. The maximum Gasteiger partial charge on any atom is 0.304 e. The number of nitrogens with one attached hydrogen (secondary N) is 1. The average Bonchev–Trinajstić information content (AvgIpc) is 2.01. The lowest BCUT2D eigenvalue weighted by Gasteiger charge is -2.15. The molecule has 0 bridgehead atoms. The topological polar surface area (TPSA) is 83.5 Å². The fourth-order valence-electron chi connectivity index (χ4n) is 1.22. The zero-order valence-corrected chi connectivity index (χ0v) is 9.59. The van der Waals surface area contributed by atoms with Gasteiger partial charge in [-0.15, -0.1) is 6.58 Å². The molecule has 0 aliphatic rings. The van der Waals surface area contributed by atoms with Gasteiger partial charge in [0.2, 0.25) is 10.0 Å². The van der Waals surface area contributed by atoms with Crippen molar-refractivity contribution in [1.29, 1.82) is 0 Å². The van der Waals surface area contributed by atoms with Gasteiger partial charge < -0.3 is 5.11 Å². The minimum Gasteiger partial charge on any atom is -0.481 e. The van der Waals surface area contributed by atoms with Crippen LogP contribution >= 0.6 is 0 Å². The normalized spacial score (nSPS) is 13.4. The Balaban J connectivity index is 4.39. The highest BCUT2D eigenvalue weighted by atomic mass is 32.2. The summed E-state index contributed by atoms with van der Waals surface area (Å²) < 4.78 is 25.0. The minimum absolute atomic E-state index is 0.188. The van der Waals surface area contributed by atoms with E-state index in [0.717, 1.165) is 6.42 Å². The Hall–Kier alpha value is -0.880. The van der Waals surface area contributed by atoms with Crippen LogP contribution in [0.1, 0.15) is 26.2 Å². The molecule has 6 heteroatoms. The van der Waals surface area contributed by atoms with E-state index in [4.69, 9.17) is 5.11 Å². The minimum atomic E-state index is -3.43. The van der Waals surface area contributed by atoms with Crippen LogP contribution in [0.15, 0.2) is 12.7 Å². The number of aliphatic carboxylic acids is 1. The van der Waals surface area contributed by atoms with Gasteiger partial charge >= 0.3 is 5.97 Å².